The van der Waals surface area contributed by atoms with E-state index in [9.17, 15) is 4.79 Å². The predicted octanol–water partition coefficient (Wildman–Crippen LogP) is 2.66. The Morgan fingerprint density at radius 1 is 1.52 bits per heavy atom. The number of carbonyl (C=O) groups is 1. The Kier molecular flexibility index (Phi) is 3.31. The van der Waals surface area contributed by atoms with Crippen LogP contribution in [0.4, 0.5) is 5.82 Å². The van der Waals surface area contributed by atoms with E-state index in [0.29, 0.717) is 5.92 Å². The summed E-state index contributed by atoms with van der Waals surface area (Å²) in [4.78, 5) is 15.5. The Morgan fingerprint density at radius 3 is 2.86 bits per heavy atom. The van der Waals surface area contributed by atoms with Crippen LogP contribution in [-0.2, 0) is 4.79 Å². The molecule has 0 atom stereocenters. The second kappa shape index (κ2) is 5.02. The second-order valence-electron chi connectivity index (χ2n) is 6.16. The zero-order valence-electron chi connectivity index (χ0n) is 12.3. The molecule has 6 heteroatoms. The molecule has 0 saturated heterocycles. The van der Waals surface area contributed by atoms with Gasteiger partial charge >= 0.3 is 5.97 Å². The van der Waals surface area contributed by atoms with Crippen molar-refractivity contribution in [3.63, 3.8) is 0 Å². The molecule has 1 aliphatic rings. The molecule has 2 N–H and O–H groups in total. The summed E-state index contributed by atoms with van der Waals surface area (Å²) < 4.78 is 1.80. The molecule has 0 amide bonds. The first-order valence-electron chi connectivity index (χ1n) is 7.33. The molecule has 21 heavy (non-hydrogen) atoms. The number of hydrogen-bond acceptors (Lipinski definition) is 4. The molecule has 0 spiro atoms. The van der Waals surface area contributed by atoms with Crippen LogP contribution in [-0.4, -0.2) is 31.2 Å². The maximum atomic E-state index is 11.1. The Balaban J connectivity index is 1.94. The Labute approximate surface area is 123 Å². The Bertz CT molecular complexity index is 673. The molecule has 1 saturated carbocycles. The first kappa shape index (κ1) is 13.9. The molecule has 0 aliphatic heterocycles. The minimum Gasteiger partial charge on any atom is -0.481 e. The van der Waals surface area contributed by atoms with Gasteiger partial charge in [-0.05, 0) is 31.2 Å². The zero-order chi connectivity index (χ0) is 15.0. The monoisotopic (exact) mass is 288 g/mol. The smallest absolute Gasteiger partial charge is 0.305 e. The summed E-state index contributed by atoms with van der Waals surface area (Å²) in [5.41, 5.74) is 1.55. The average molecular weight is 288 g/mol. The van der Waals surface area contributed by atoms with Crippen LogP contribution in [0.5, 0.6) is 0 Å². The van der Waals surface area contributed by atoms with Gasteiger partial charge in [0.15, 0.2) is 5.82 Å². The minimum atomic E-state index is -0.773. The van der Waals surface area contributed by atoms with Crippen LogP contribution in [0.2, 0.25) is 0 Å². The van der Waals surface area contributed by atoms with E-state index in [1.807, 2.05) is 12.3 Å². The van der Waals surface area contributed by atoms with Crippen molar-refractivity contribution in [2.45, 2.75) is 51.0 Å². The molecule has 2 heterocycles. The van der Waals surface area contributed by atoms with E-state index in [0.717, 1.165) is 36.3 Å². The average Bonchev–Trinajstić information content (AvgIpc) is 2.80. The van der Waals surface area contributed by atoms with Gasteiger partial charge in [-0.1, -0.05) is 13.8 Å². The van der Waals surface area contributed by atoms with E-state index in [1.165, 1.54) is 0 Å². The number of rotatable bonds is 5. The number of aromatic nitrogens is 3. The van der Waals surface area contributed by atoms with Gasteiger partial charge in [0.05, 0.1) is 12.1 Å². The third kappa shape index (κ3) is 2.57. The summed E-state index contributed by atoms with van der Waals surface area (Å²) in [5, 5.41) is 17.0. The van der Waals surface area contributed by atoms with Crippen LogP contribution in [0.25, 0.3) is 5.52 Å². The standard InChI is InChI=1S/C15H20N4O2/c1-10(2)11-8-12-14(16-6-7-19(12)18-11)17-15(4-3-5-15)9-13(20)21/h6-8,10H,3-5,9H2,1-2H3,(H,16,17)(H,20,21). The van der Waals surface area contributed by atoms with Gasteiger partial charge in [-0.3, -0.25) is 4.79 Å². The van der Waals surface area contributed by atoms with Crippen molar-refractivity contribution >= 4 is 17.3 Å². The molecular weight excluding hydrogens is 268 g/mol. The van der Waals surface area contributed by atoms with Crippen molar-refractivity contribution in [2.75, 3.05) is 5.32 Å². The van der Waals surface area contributed by atoms with Crippen molar-refractivity contribution in [1.29, 1.82) is 0 Å². The summed E-state index contributed by atoms with van der Waals surface area (Å²) >= 11 is 0. The fourth-order valence-electron chi connectivity index (χ4n) is 2.81. The Hall–Kier alpha value is -2.11. The molecule has 0 radical (unpaired) electrons. The van der Waals surface area contributed by atoms with E-state index < -0.39 is 5.97 Å². The SMILES string of the molecule is CC(C)c1cc2c(NC3(CC(=O)O)CCC3)nccn2n1. The fraction of sp³-hybridized carbons (Fsp3) is 0.533. The first-order chi connectivity index (χ1) is 9.99. The van der Waals surface area contributed by atoms with Gasteiger partial charge in [0.1, 0.15) is 5.52 Å². The third-order valence-corrected chi connectivity index (χ3v) is 4.18. The maximum Gasteiger partial charge on any atom is 0.305 e. The number of aliphatic carboxylic acids is 1. The number of fused-ring (bicyclic) bond motifs is 1. The van der Waals surface area contributed by atoms with Crippen LogP contribution in [0.3, 0.4) is 0 Å². The first-order valence-corrected chi connectivity index (χ1v) is 7.33. The van der Waals surface area contributed by atoms with Crippen molar-refractivity contribution in [3.05, 3.63) is 24.2 Å². The molecule has 0 aromatic carbocycles. The highest BCUT2D eigenvalue weighted by Crippen LogP contribution is 2.38. The lowest BCUT2D eigenvalue weighted by molar-refractivity contribution is -0.138. The highest BCUT2D eigenvalue weighted by atomic mass is 16.4. The van der Waals surface area contributed by atoms with Crippen LogP contribution in [0.15, 0.2) is 18.5 Å². The van der Waals surface area contributed by atoms with Gasteiger partial charge in [-0.25, -0.2) is 9.50 Å². The quantitative estimate of drug-likeness (QED) is 0.884. The molecule has 112 valence electrons. The van der Waals surface area contributed by atoms with E-state index in [-0.39, 0.29) is 12.0 Å². The topological polar surface area (TPSA) is 79.5 Å². The molecule has 1 aliphatic carbocycles. The summed E-state index contributed by atoms with van der Waals surface area (Å²) in [5.74, 6) is 0.290. The summed E-state index contributed by atoms with van der Waals surface area (Å²) in [6.07, 6.45) is 6.43. The number of hydrogen-bond donors (Lipinski definition) is 2. The van der Waals surface area contributed by atoms with E-state index in [1.54, 1.807) is 10.7 Å². The Morgan fingerprint density at radius 2 is 2.29 bits per heavy atom. The largest absolute Gasteiger partial charge is 0.481 e. The highest BCUT2D eigenvalue weighted by molar-refractivity contribution is 5.73. The van der Waals surface area contributed by atoms with E-state index >= 15 is 0 Å². The predicted molar refractivity (Wildman–Crippen MR) is 79.5 cm³/mol. The lowest BCUT2D eigenvalue weighted by atomic mass is 9.74. The number of carboxylic acids is 1. The zero-order valence-corrected chi connectivity index (χ0v) is 12.3. The molecule has 3 rings (SSSR count). The molecular formula is C15H20N4O2. The lowest BCUT2D eigenvalue weighted by Crippen LogP contribution is -2.47. The molecule has 6 nitrogen and oxygen atoms in total. The van der Waals surface area contributed by atoms with Crippen molar-refractivity contribution in [2.24, 2.45) is 0 Å². The third-order valence-electron chi connectivity index (χ3n) is 4.18. The molecule has 2 aromatic heterocycles. The number of nitrogens with zero attached hydrogens (tertiary/aromatic N) is 3. The van der Waals surface area contributed by atoms with Crippen molar-refractivity contribution in [3.8, 4) is 0 Å². The van der Waals surface area contributed by atoms with Gasteiger partial charge < -0.3 is 10.4 Å². The van der Waals surface area contributed by atoms with E-state index in [4.69, 9.17) is 5.11 Å². The molecule has 2 aromatic rings. The van der Waals surface area contributed by atoms with Gasteiger partial charge in [-0.2, -0.15) is 5.10 Å². The van der Waals surface area contributed by atoms with Crippen LogP contribution in [0.1, 0.15) is 51.1 Å². The molecule has 0 bridgehead atoms. The number of carboxylic acid groups (broad SMARTS) is 1. The maximum absolute atomic E-state index is 11.1. The van der Waals surface area contributed by atoms with Crippen molar-refractivity contribution < 1.29 is 9.90 Å². The fourth-order valence-corrected chi connectivity index (χ4v) is 2.81. The lowest BCUT2D eigenvalue weighted by Gasteiger charge is -2.42. The van der Waals surface area contributed by atoms with Gasteiger partial charge in [-0.15, -0.1) is 0 Å². The number of anilines is 1. The second-order valence-corrected chi connectivity index (χ2v) is 6.16. The normalized spacial score (nSPS) is 16.9. The van der Waals surface area contributed by atoms with Crippen LogP contribution >= 0.6 is 0 Å². The molecule has 0 unspecified atom stereocenters. The van der Waals surface area contributed by atoms with Gasteiger partial charge in [0.25, 0.3) is 0 Å². The van der Waals surface area contributed by atoms with Crippen LogP contribution < -0.4 is 5.32 Å². The van der Waals surface area contributed by atoms with Crippen LogP contribution in [0, 0.1) is 0 Å². The highest BCUT2D eigenvalue weighted by Gasteiger charge is 2.39. The molecule has 1 fully saturated rings. The summed E-state index contributed by atoms with van der Waals surface area (Å²) in [6.45, 7) is 4.19. The van der Waals surface area contributed by atoms with Gasteiger partial charge in [0.2, 0.25) is 0 Å². The van der Waals surface area contributed by atoms with E-state index in [2.05, 4.69) is 29.2 Å². The summed E-state index contributed by atoms with van der Waals surface area (Å²) in [7, 11) is 0. The van der Waals surface area contributed by atoms with Gasteiger partial charge in [0, 0.05) is 17.9 Å². The summed E-state index contributed by atoms with van der Waals surface area (Å²) in [6, 6.07) is 2.02. The van der Waals surface area contributed by atoms with Crippen molar-refractivity contribution in [1.82, 2.24) is 14.6 Å². The number of nitrogens with one attached hydrogen (secondary N) is 1. The minimum absolute atomic E-state index is 0.126.